The highest BCUT2D eigenvalue weighted by Crippen LogP contribution is 2.18. The Balaban J connectivity index is 2.96. The maximum absolute atomic E-state index is 11.3. The Morgan fingerprint density at radius 2 is 2.00 bits per heavy atom. The molecule has 80 valence electrons. The molecule has 0 saturated carbocycles. The molecular formula is C10H9ClO4. The van der Waals surface area contributed by atoms with Crippen LogP contribution in [0.3, 0.4) is 0 Å². The van der Waals surface area contributed by atoms with E-state index in [0.29, 0.717) is 0 Å². The van der Waals surface area contributed by atoms with Gasteiger partial charge in [0.15, 0.2) is 0 Å². The molecule has 1 aromatic rings. The van der Waals surface area contributed by atoms with Crippen molar-refractivity contribution in [2.75, 3.05) is 13.0 Å². The fourth-order valence-corrected chi connectivity index (χ4v) is 1.04. The smallest absolute Gasteiger partial charge is 0.341 e. The number of alkyl halides is 1. The summed E-state index contributed by atoms with van der Waals surface area (Å²) in [6.45, 7) is 0. The molecule has 0 aliphatic carbocycles. The van der Waals surface area contributed by atoms with Crippen molar-refractivity contribution in [2.45, 2.75) is 0 Å². The average molecular weight is 229 g/mol. The summed E-state index contributed by atoms with van der Waals surface area (Å²) < 4.78 is 9.37. The molecule has 0 aromatic heterocycles. The largest absolute Gasteiger partial charge is 0.465 e. The van der Waals surface area contributed by atoms with E-state index in [2.05, 4.69) is 4.74 Å². The minimum Gasteiger partial charge on any atom is -0.465 e. The molecule has 0 radical (unpaired) electrons. The van der Waals surface area contributed by atoms with Gasteiger partial charge in [0.05, 0.1) is 7.11 Å². The summed E-state index contributed by atoms with van der Waals surface area (Å²) in [5, 5.41) is 0. The summed E-state index contributed by atoms with van der Waals surface area (Å²) in [5.41, 5.74) is 0.193. The molecule has 15 heavy (non-hydrogen) atoms. The Kier molecular flexibility index (Phi) is 4.12. The normalized spacial score (nSPS) is 9.47. The van der Waals surface area contributed by atoms with E-state index in [0.717, 1.165) is 0 Å². The van der Waals surface area contributed by atoms with Crippen molar-refractivity contribution < 1.29 is 19.1 Å². The molecule has 4 nitrogen and oxygen atoms in total. The molecule has 1 aromatic carbocycles. The van der Waals surface area contributed by atoms with E-state index in [-0.39, 0.29) is 17.2 Å². The van der Waals surface area contributed by atoms with Crippen LogP contribution in [0, 0.1) is 0 Å². The number of ether oxygens (including phenoxy) is 2. The van der Waals surface area contributed by atoms with E-state index in [1.807, 2.05) is 0 Å². The van der Waals surface area contributed by atoms with Gasteiger partial charge in [-0.2, -0.15) is 0 Å². The Morgan fingerprint density at radius 3 is 2.60 bits per heavy atom. The number of hydrogen-bond donors (Lipinski definition) is 0. The first-order valence-corrected chi connectivity index (χ1v) is 4.66. The first kappa shape index (κ1) is 11.5. The van der Waals surface area contributed by atoms with Crippen LogP contribution >= 0.6 is 11.6 Å². The van der Waals surface area contributed by atoms with Crippen LogP contribution in [-0.4, -0.2) is 24.9 Å². The fourth-order valence-electron chi connectivity index (χ4n) is 0.984. The third-order valence-electron chi connectivity index (χ3n) is 1.63. The number of methoxy groups -OCH3 is 1. The van der Waals surface area contributed by atoms with Crippen molar-refractivity contribution in [3.63, 3.8) is 0 Å². The SMILES string of the molecule is COC(=O)c1ccccc1OC(=O)CCl. The number of carbonyl (C=O) groups excluding carboxylic acids is 2. The molecule has 1 rings (SSSR count). The fraction of sp³-hybridized carbons (Fsp3) is 0.200. The lowest BCUT2D eigenvalue weighted by atomic mass is 10.2. The molecule has 0 spiro atoms. The first-order chi connectivity index (χ1) is 7.19. The van der Waals surface area contributed by atoms with Gasteiger partial charge >= 0.3 is 11.9 Å². The van der Waals surface area contributed by atoms with Crippen LogP contribution in [0.25, 0.3) is 0 Å². The van der Waals surface area contributed by atoms with Crippen molar-refractivity contribution >= 4 is 23.5 Å². The first-order valence-electron chi connectivity index (χ1n) is 4.13. The van der Waals surface area contributed by atoms with Crippen LogP contribution in [0.1, 0.15) is 10.4 Å². The van der Waals surface area contributed by atoms with Crippen molar-refractivity contribution in [3.8, 4) is 5.75 Å². The Hall–Kier alpha value is -1.55. The van der Waals surface area contributed by atoms with Crippen molar-refractivity contribution in [3.05, 3.63) is 29.8 Å². The number of benzene rings is 1. The Labute approximate surface area is 91.7 Å². The monoisotopic (exact) mass is 228 g/mol. The van der Waals surface area contributed by atoms with Crippen LogP contribution in [-0.2, 0) is 9.53 Å². The van der Waals surface area contributed by atoms with E-state index in [1.165, 1.54) is 19.2 Å². The molecule has 0 saturated heterocycles. The zero-order chi connectivity index (χ0) is 11.3. The quantitative estimate of drug-likeness (QED) is 0.448. The molecule has 0 unspecified atom stereocenters. The average Bonchev–Trinajstić information content (AvgIpc) is 2.28. The predicted molar refractivity (Wildman–Crippen MR) is 54.1 cm³/mol. The third-order valence-corrected chi connectivity index (χ3v) is 1.84. The lowest BCUT2D eigenvalue weighted by molar-refractivity contribution is -0.131. The second-order valence-electron chi connectivity index (χ2n) is 2.60. The van der Waals surface area contributed by atoms with Gasteiger partial charge in [0, 0.05) is 0 Å². The van der Waals surface area contributed by atoms with Crippen LogP contribution in [0.2, 0.25) is 0 Å². The Bertz CT molecular complexity index is 375. The Morgan fingerprint density at radius 1 is 1.33 bits per heavy atom. The molecule has 0 bridgehead atoms. The summed E-state index contributed by atoms with van der Waals surface area (Å²) in [7, 11) is 1.25. The lowest BCUT2D eigenvalue weighted by Gasteiger charge is -2.06. The lowest BCUT2D eigenvalue weighted by Crippen LogP contribution is -2.12. The van der Waals surface area contributed by atoms with Gasteiger partial charge < -0.3 is 9.47 Å². The maximum atomic E-state index is 11.3. The van der Waals surface area contributed by atoms with Gasteiger partial charge in [-0.1, -0.05) is 12.1 Å². The summed E-state index contributed by atoms with van der Waals surface area (Å²) in [6.07, 6.45) is 0. The molecule has 0 amide bonds. The van der Waals surface area contributed by atoms with E-state index >= 15 is 0 Å². The molecule has 5 heteroatoms. The standard InChI is InChI=1S/C10H9ClO4/c1-14-10(13)7-4-2-3-5-8(7)15-9(12)6-11/h2-5H,6H2,1H3. The van der Waals surface area contributed by atoms with Crippen molar-refractivity contribution in [1.29, 1.82) is 0 Å². The number of hydrogen-bond acceptors (Lipinski definition) is 4. The second kappa shape index (κ2) is 5.36. The van der Waals surface area contributed by atoms with E-state index in [9.17, 15) is 9.59 Å². The summed E-state index contributed by atoms with van der Waals surface area (Å²) in [6, 6.07) is 6.28. The van der Waals surface area contributed by atoms with Gasteiger partial charge in [0.25, 0.3) is 0 Å². The van der Waals surface area contributed by atoms with Gasteiger partial charge in [0.2, 0.25) is 0 Å². The highest BCUT2D eigenvalue weighted by Gasteiger charge is 2.14. The highest BCUT2D eigenvalue weighted by molar-refractivity contribution is 6.26. The predicted octanol–water partition coefficient (Wildman–Crippen LogP) is 1.62. The zero-order valence-corrected chi connectivity index (χ0v) is 8.78. The summed E-state index contributed by atoms with van der Waals surface area (Å²) >= 11 is 5.28. The van der Waals surface area contributed by atoms with Crippen LogP contribution in [0.5, 0.6) is 5.75 Å². The second-order valence-corrected chi connectivity index (χ2v) is 2.86. The van der Waals surface area contributed by atoms with Crippen LogP contribution < -0.4 is 4.74 Å². The van der Waals surface area contributed by atoms with Gasteiger partial charge in [-0.15, -0.1) is 11.6 Å². The number of para-hydroxylation sites is 1. The number of carbonyl (C=O) groups is 2. The van der Waals surface area contributed by atoms with E-state index < -0.39 is 11.9 Å². The minimum absolute atomic E-state index is 0.148. The molecule has 0 aliphatic heterocycles. The van der Waals surface area contributed by atoms with Crippen molar-refractivity contribution in [2.24, 2.45) is 0 Å². The molecule has 0 atom stereocenters. The molecule has 0 heterocycles. The van der Waals surface area contributed by atoms with Gasteiger partial charge in [-0.25, -0.2) is 4.79 Å². The molecule has 0 aliphatic rings. The van der Waals surface area contributed by atoms with Gasteiger partial charge in [-0.05, 0) is 12.1 Å². The van der Waals surface area contributed by atoms with Crippen molar-refractivity contribution in [1.82, 2.24) is 0 Å². The number of halogens is 1. The summed E-state index contributed by atoms with van der Waals surface area (Å²) in [5.74, 6) is -1.30. The zero-order valence-electron chi connectivity index (χ0n) is 8.03. The third kappa shape index (κ3) is 2.95. The summed E-state index contributed by atoms with van der Waals surface area (Å²) in [4.78, 5) is 22.2. The molecule has 0 fully saturated rings. The van der Waals surface area contributed by atoms with Crippen LogP contribution in [0.4, 0.5) is 0 Å². The highest BCUT2D eigenvalue weighted by atomic mass is 35.5. The van der Waals surface area contributed by atoms with Gasteiger partial charge in [0.1, 0.15) is 17.2 Å². The molecular weight excluding hydrogens is 220 g/mol. The van der Waals surface area contributed by atoms with Crippen LogP contribution in [0.15, 0.2) is 24.3 Å². The van der Waals surface area contributed by atoms with E-state index in [1.54, 1.807) is 12.1 Å². The maximum Gasteiger partial charge on any atom is 0.341 e. The number of esters is 2. The molecule has 0 N–H and O–H groups in total. The van der Waals surface area contributed by atoms with E-state index in [4.69, 9.17) is 16.3 Å². The number of rotatable bonds is 3. The topological polar surface area (TPSA) is 52.6 Å². The minimum atomic E-state index is -0.618. The van der Waals surface area contributed by atoms with Gasteiger partial charge in [-0.3, -0.25) is 4.79 Å².